The molecule has 0 saturated carbocycles. The van der Waals surface area contributed by atoms with E-state index >= 15 is 0 Å². The second kappa shape index (κ2) is 4.04. The number of nitro benzene ring substituents is 1. The average molecular weight is 213 g/mol. The molecule has 1 aromatic rings. The van der Waals surface area contributed by atoms with E-state index in [0.29, 0.717) is 0 Å². The number of nitro groups is 1. The SMILES string of the molecule is CC(C(=O)O)c1cc(F)ccc1[N+](=O)[O-]. The maximum Gasteiger partial charge on any atom is 0.310 e. The number of hydrogen-bond donors (Lipinski definition) is 1. The summed E-state index contributed by atoms with van der Waals surface area (Å²) < 4.78 is 12.8. The minimum absolute atomic E-state index is 0.132. The fourth-order valence-corrected chi connectivity index (χ4v) is 1.17. The van der Waals surface area contributed by atoms with Gasteiger partial charge in [0, 0.05) is 11.6 Å². The second-order valence-electron chi connectivity index (χ2n) is 3.02. The van der Waals surface area contributed by atoms with Crippen LogP contribution in [0.5, 0.6) is 0 Å². The molecular formula is C9H8FNO4. The zero-order valence-corrected chi connectivity index (χ0v) is 7.81. The molecule has 1 atom stereocenters. The summed E-state index contributed by atoms with van der Waals surface area (Å²) in [5.74, 6) is -3.03. The number of carboxylic acids is 1. The van der Waals surface area contributed by atoms with E-state index in [4.69, 9.17) is 5.11 Å². The van der Waals surface area contributed by atoms with Crippen LogP contribution in [0.1, 0.15) is 18.4 Å². The van der Waals surface area contributed by atoms with Crippen LogP contribution in [0.15, 0.2) is 18.2 Å². The van der Waals surface area contributed by atoms with Crippen LogP contribution >= 0.6 is 0 Å². The van der Waals surface area contributed by atoms with Gasteiger partial charge in [0.2, 0.25) is 0 Å². The van der Waals surface area contributed by atoms with E-state index in [1.807, 2.05) is 0 Å². The van der Waals surface area contributed by atoms with E-state index < -0.39 is 22.6 Å². The molecular weight excluding hydrogens is 205 g/mol. The van der Waals surface area contributed by atoms with Crippen LogP contribution in [0, 0.1) is 15.9 Å². The Balaban J connectivity index is 3.30. The number of aliphatic carboxylic acids is 1. The molecule has 0 amide bonds. The lowest BCUT2D eigenvalue weighted by atomic mass is 9.99. The summed E-state index contributed by atoms with van der Waals surface area (Å²) in [6.45, 7) is 1.27. The van der Waals surface area contributed by atoms with Crippen molar-refractivity contribution >= 4 is 11.7 Å². The van der Waals surface area contributed by atoms with Crippen LogP contribution < -0.4 is 0 Å². The molecule has 0 heterocycles. The van der Waals surface area contributed by atoms with E-state index in [1.54, 1.807) is 0 Å². The molecule has 80 valence electrons. The van der Waals surface area contributed by atoms with Crippen LogP contribution in [0.3, 0.4) is 0 Å². The topological polar surface area (TPSA) is 80.4 Å². The lowest BCUT2D eigenvalue weighted by Gasteiger charge is -2.06. The van der Waals surface area contributed by atoms with Gasteiger partial charge in [0.15, 0.2) is 0 Å². The van der Waals surface area contributed by atoms with Gasteiger partial charge in [-0.15, -0.1) is 0 Å². The molecule has 6 heteroatoms. The van der Waals surface area contributed by atoms with Gasteiger partial charge in [-0.3, -0.25) is 14.9 Å². The molecule has 1 unspecified atom stereocenters. The molecule has 0 aliphatic carbocycles. The lowest BCUT2D eigenvalue weighted by Crippen LogP contribution is -2.10. The number of benzene rings is 1. The third-order valence-corrected chi connectivity index (χ3v) is 2.02. The average Bonchev–Trinajstić information content (AvgIpc) is 2.15. The summed E-state index contributed by atoms with van der Waals surface area (Å²) in [6, 6.07) is 2.76. The summed E-state index contributed by atoms with van der Waals surface area (Å²) in [5, 5.41) is 19.2. The predicted octanol–water partition coefficient (Wildman–Crippen LogP) is 1.92. The summed E-state index contributed by atoms with van der Waals surface area (Å²) in [7, 11) is 0. The third kappa shape index (κ3) is 2.28. The van der Waals surface area contributed by atoms with Crippen molar-refractivity contribution in [3.05, 3.63) is 39.7 Å². The summed E-state index contributed by atoms with van der Waals surface area (Å²) in [5.41, 5.74) is -0.515. The zero-order chi connectivity index (χ0) is 11.6. The highest BCUT2D eigenvalue weighted by Gasteiger charge is 2.24. The Labute approximate surface area is 84.3 Å². The van der Waals surface area contributed by atoms with Gasteiger partial charge in [0.1, 0.15) is 5.82 Å². The van der Waals surface area contributed by atoms with Crippen LogP contribution in [-0.2, 0) is 4.79 Å². The number of halogens is 1. The second-order valence-corrected chi connectivity index (χ2v) is 3.02. The van der Waals surface area contributed by atoms with Gasteiger partial charge in [-0.05, 0) is 19.1 Å². The first-order valence-corrected chi connectivity index (χ1v) is 4.10. The van der Waals surface area contributed by atoms with E-state index in [9.17, 15) is 19.3 Å². The van der Waals surface area contributed by atoms with E-state index in [2.05, 4.69) is 0 Å². The van der Waals surface area contributed by atoms with Crippen LogP contribution in [0.2, 0.25) is 0 Å². The van der Waals surface area contributed by atoms with Crippen LogP contribution in [0.4, 0.5) is 10.1 Å². The molecule has 0 aliphatic rings. The standard InChI is InChI=1S/C9H8FNO4/c1-5(9(12)13)7-4-6(10)2-3-8(7)11(14)15/h2-5H,1H3,(H,12,13). The third-order valence-electron chi connectivity index (χ3n) is 2.02. The van der Waals surface area contributed by atoms with Crippen molar-refractivity contribution in [1.82, 2.24) is 0 Å². The number of carboxylic acid groups (broad SMARTS) is 1. The van der Waals surface area contributed by atoms with Gasteiger partial charge in [-0.2, -0.15) is 0 Å². The first-order valence-electron chi connectivity index (χ1n) is 4.10. The van der Waals surface area contributed by atoms with Crippen LogP contribution in [-0.4, -0.2) is 16.0 Å². The predicted molar refractivity (Wildman–Crippen MR) is 49.1 cm³/mol. The molecule has 0 bridgehead atoms. The van der Waals surface area contributed by atoms with Crippen molar-refractivity contribution in [1.29, 1.82) is 0 Å². The molecule has 15 heavy (non-hydrogen) atoms. The highest BCUT2D eigenvalue weighted by atomic mass is 19.1. The smallest absolute Gasteiger partial charge is 0.310 e. The fourth-order valence-electron chi connectivity index (χ4n) is 1.17. The first-order chi connectivity index (χ1) is 6.93. The molecule has 0 fully saturated rings. The van der Waals surface area contributed by atoms with E-state index in [1.165, 1.54) is 6.92 Å². The molecule has 0 spiro atoms. The Bertz CT molecular complexity index is 419. The van der Waals surface area contributed by atoms with E-state index in [0.717, 1.165) is 18.2 Å². The number of nitrogens with zero attached hydrogens (tertiary/aromatic N) is 1. The Morgan fingerprint density at radius 2 is 2.20 bits per heavy atom. The van der Waals surface area contributed by atoms with Gasteiger partial charge in [-0.25, -0.2) is 4.39 Å². The normalized spacial score (nSPS) is 12.1. The molecule has 1 aromatic carbocycles. The summed E-state index contributed by atoms with van der Waals surface area (Å²) in [4.78, 5) is 20.5. The molecule has 0 radical (unpaired) electrons. The Morgan fingerprint density at radius 1 is 1.60 bits per heavy atom. The maximum atomic E-state index is 12.8. The van der Waals surface area contributed by atoms with Gasteiger partial charge in [0.25, 0.3) is 5.69 Å². The van der Waals surface area contributed by atoms with Crippen molar-refractivity contribution in [3.8, 4) is 0 Å². The maximum absolute atomic E-state index is 12.8. The molecule has 0 aromatic heterocycles. The number of hydrogen-bond acceptors (Lipinski definition) is 3. The van der Waals surface area contributed by atoms with Crippen molar-refractivity contribution < 1.29 is 19.2 Å². The van der Waals surface area contributed by atoms with Crippen molar-refractivity contribution in [2.75, 3.05) is 0 Å². The monoisotopic (exact) mass is 213 g/mol. The van der Waals surface area contributed by atoms with Crippen molar-refractivity contribution in [2.45, 2.75) is 12.8 Å². The minimum atomic E-state index is -1.23. The zero-order valence-electron chi connectivity index (χ0n) is 7.81. The summed E-state index contributed by atoms with van der Waals surface area (Å²) in [6.07, 6.45) is 0. The van der Waals surface area contributed by atoms with Crippen LogP contribution in [0.25, 0.3) is 0 Å². The largest absolute Gasteiger partial charge is 0.481 e. The summed E-state index contributed by atoms with van der Waals surface area (Å²) >= 11 is 0. The quantitative estimate of drug-likeness (QED) is 0.614. The highest BCUT2D eigenvalue weighted by Crippen LogP contribution is 2.27. The molecule has 0 saturated heterocycles. The number of carbonyl (C=O) groups is 1. The Kier molecular flexibility index (Phi) is 2.99. The Hall–Kier alpha value is -1.98. The highest BCUT2D eigenvalue weighted by molar-refractivity contribution is 5.77. The minimum Gasteiger partial charge on any atom is -0.481 e. The van der Waals surface area contributed by atoms with E-state index in [-0.39, 0.29) is 11.3 Å². The molecule has 0 aliphatic heterocycles. The van der Waals surface area contributed by atoms with Crippen molar-refractivity contribution in [2.24, 2.45) is 0 Å². The first kappa shape index (κ1) is 11.1. The van der Waals surface area contributed by atoms with Gasteiger partial charge in [-0.1, -0.05) is 0 Å². The lowest BCUT2D eigenvalue weighted by molar-refractivity contribution is -0.385. The molecule has 1 rings (SSSR count). The Morgan fingerprint density at radius 3 is 2.67 bits per heavy atom. The van der Waals surface area contributed by atoms with Crippen molar-refractivity contribution in [3.63, 3.8) is 0 Å². The fraction of sp³-hybridized carbons (Fsp3) is 0.222. The van der Waals surface area contributed by atoms with Gasteiger partial charge >= 0.3 is 5.97 Å². The van der Waals surface area contributed by atoms with Gasteiger partial charge in [0.05, 0.1) is 10.8 Å². The van der Waals surface area contributed by atoms with Gasteiger partial charge < -0.3 is 5.11 Å². The molecule has 1 N–H and O–H groups in total. The molecule has 5 nitrogen and oxygen atoms in total. The number of rotatable bonds is 3.